The number of nitrogens with one attached hydrogen (secondary N) is 2. The van der Waals surface area contributed by atoms with Gasteiger partial charge in [0.1, 0.15) is 11.6 Å². The number of alkyl halides is 2. The van der Waals surface area contributed by atoms with Crippen LogP contribution < -0.4 is 20.3 Å². The summed E-state index contributed by atoms with van der Waals surface area (Å²) in [6, 6.07) is 14.4. The van der Waals surface area contributed by atoms with Crippen molar-refractivity contribution in [2.45, 2.75) is 26.3 Å². The van der Waals surface area contributed by atoms with E-state index in [-0.39, 0.29) is 29.8 Å². The number of hydrogen-bond acceptors (Lipinski definition) is 6. The summed E-state index contributed by atoms with van der Waals surface area (Å²) in [7, 11) is 3.22. The molecule has 35 heavy (non-hydrogen) atoms. The Kier molecular flexibility index (Phi) is 8.01. The Labute approximate surface area is 203 Å². The van der Waals surface area contributed by atoms with E-state index in [1.807, 2.05) is 6.07 Å². The molecular formula is C26H29F2N5O2. The molecule has 9 heteroatoms. The smallest absolute Gasteiger partial charge is 0.280 e. The van der Waals surface area contributed by atoms with Crippen LogP contribution in [0.1, 0.15) is 25.0 Å². The lowest BCUT2D eigenvalue weighted by molar-refractivity contribution is -0.116. The maximum atomic E-state index is 15.2. The molecule has 0 spiro atoms. The third-order valence-electron chi connectivity index (χ3n) is 5.45. The molecule has 0 radical (unpaired) electrons. The van der Waals surface area contributed by atoms with Crippen molar-refractivity contribution in [3.05, 3.63) is 78.5 Å². The molecule has 0 aliphatic rings. The second kappa shape index (κ2) is 10.9. The molecule has 3 aromatic rings. The number of benzene rings is 2. The molecule has 1 aromatic heterocycles. The fourth-order valence-corrected chi connectivity index (χ4v) is 3.32. The molecule has 3 rings (SSSR count). The highest BCUT2D eigenvalue weighted by molar-refractivity contribution is 5.86. The zero-order valence-electron chi connectivity index (χ0n) is 20.2. The number of amides is 1. The van der Waals surface area contributed by atoms with Gasteiger partial charge in [0.05, 0.1) is 12.7 Å². The first-order chi connectivity index (χ1) is 16.6. The Morgan fingerprint density at radius 2 is 1.97 bits per heavy atom. The van der Waals surface area contributed by atoms with Crippen LogP contribution in [0.4, 0.5) is 31.9 Å². The number of ether oxygens (including phenoxy) is 1. The first kappa shape index (κ1) is 25.6. The van der Waals surface area contributed by atoms with Gasteiger partial charge in [-0.1, -0.05) is 38.6 Å². The maximum absolute atomic E-state index is 15.2. The average molecular weight is 482 g/mol. The molecule has 2 N–H and O–H groups in total. The van der Waals surface area contributed by atoms with Crippen LogP contribution in [0.2, 0.25) is 0 Å². The van der Waals surface area contributed by atoms with Crippen LogP contribution in [-0.4, -0.2) is 30.0 Å². The van der Waals surface area contributed by atoms with Gasteiger partial charge in [-0.15, -0.1) is 0 Å². The molecule has 7 nitrogen and oxygen atoms in total. The Bertz CT molecular complexity index is 1200. The first-order valence-corrected chi connectivity index (χ1v) is 11.0. The molecule has 0 fully saturated rings. The number of halogens is 2. The van der Waals surface area contributed by atoms with Gasteiger partial charge >= 0.3 is 0 Å². The van der Waals surface area contributed by atoms with Gasteiger partial charge in [-0.3, -0.25) is 4.79 Å². The first-order valence-electron chi connectivity index (χ1n) is 11.0. The van der Waals surface area contributed by atoms with Crippen molar-refractivity contribution in [1.82, 2.24) is 15.3 Å². The van der Waals surface area contributed by atoms with Crippen molar-refractivity contribution >= 4 is 29.0 Å². The summed E-state index contributed by atoms with van der Waals surface area (Å²) >= 11 is 0. The zero-order chi connectivity index (χ0) is 25.6. The third kappa shape index (κ3) is 6.11. The van der Waals surface area contributed by atoms with Gasteiger partial charge in [-0.25, -0.2) is 13.8 Å². The molecule has 0 aliphatic carbocycles. The van der Waals surface area contributed by atoms with E-state index >= 15 is 8.78 Å². The highest BCUT2D eigenvalue weighted by Gasteiger charge is 2.40. The van der Waals surface area contributed by atoms with Gasteiger partial charge in [-0.05, 0) is 35.9 Å². The number of carbonyl (C=O) groups excluding carboxylic acids is 1. The van der Waals surface area contributed by atoms with E-state index in [1.165, 1.54) is 19.9 Å². The molecule has 0 saturated carbocycles. The number of methoxy groups -OCH3 is 1. The second-order valence-electron chi connectivity index (χ2n) is 8.22. The van der Waals surface area contributed by atoms with Crippen LogP contribution >= 0.6 is 0 Å². The highest BCUT2D eigenvalue weighted by atomic mass is 19.3. The van der Waals surface area contributed by atoms with Crippen LogP contribution in [0, 0.1) is 5.92 Å². The monoisotopic (exact) mass is 481 g/mol. The number of carbonyl (C=O) groups is 1. The van der Waals surface area contributed by atoms with E-state index < -0.39 is 11.8 Å². The summed E-state index contributed by atoms with van der Waals surface area (Å²) in [6.45, 7) is 6.61. The molecule has 1 amide bonds. The average Bonchev–Trinajstić information content (AvgIpc) is 2.86. The standard InChI is InChI=1S/C26H29F2N5O2/c1-6-23(34)29-15-18-9-7-11-20(13-18)33(4)24-22(26(27,28)17(2)3)16-30-25(32-24)31-19-10-8-12-21(14-19)35-5/h6-14,16-17H,1,15H2,2-5H3,(H,29,34)(H,30,31,32). The number of anilines is 4. The fourth-order valence-electron chi connectivity index (χ4n) is 3.32. The normalized spacial score (nSPS) is 11.2. The van der Waals surface area contributed by atoms with Crippen molar-refractivity contribution in [2.75, 3.05) is 24.4 Å². The summed E-state index contributed by atoms with van der Waals surface area (Å²) in [5.41, 5.74) is 1.80. The Morgan fingerprint density at radius 1 is 1.23 bits per heavy atom. The van der Waals surface area contributed by atoms with Gasteiger partial charge in [0.15, 0.2) is 0 Å². The van der Waals surface area contributed by atoms with E-state index in [9.17, 15) is 4.79 Å². The summed E-state index contributed by atoms with van der Waals surface area (Å²) < 4.78 is 35.6. The minimum absolute atomic E-state index is 0.0661. The Balaban J connectivity index is 2.00. The second-order valence-corrected chi connectivity index (χ2v) is 8.22. The topological polar surface area (TPSA) is 79.4 Å². The Hall–Kier alpha value is -4.01. The van der Waals surface area contributed by atoms with E-state index in [0.29, 0.717) is 17.1 Å². The van der Waals surface area contributed by atoms with E-state index in [2.05, 4.69) is 27.2 Å². The highest BCUT2D eigenvalue weighted by Crippen LogP contribution is 2.41. The van der Waals surface area contributed by atoms with Gasteiger partial charge in [-0.2, -0.15) is 4.98 Å². The van der Waals surface area contributed by atoms with Gasteiger partial charge < -0.3 is 20.3 Å². The molecular weight excluding hydrogens is 452 g/mol. The largest absolute Gasteiger partial charge is 0.497 e. The van der Waals surface area contributed by atoms with E-state index in [1.54, 1.807) is 61.5 Å². The third-order valence-corrected chi connectivity index (χ3v) is 5.45. The van der Waals surface area contributed by atoms with Crippen molar-refractivity contribution in [2.24, 2.45) is 5.92 Å². The maximum Gasteiger partial charge on any atom is 0.280 e. The molecule has 0 saturated heterocycles. The van der Waals surface area contributed by atoms with Crippen LogP contribution in [0.15, 0.2) is 67.4 Å². The lowest BCUT2D eigenvalue weighted by Gasteiger charge is -2.28. The van der Waals surface area contributed by atoms with Gasteiger partial charge in [0, 0.05) is 43.1 Å². The lowest BCUT2D eigenvalue weighted by atomic mass is 9.99. The molecule has 0 bridgehead atoms. The predicted octanol–water partition coefficient (Wildman–Crippen LogP) is 5.55. The van der Waals surface area contributed by atoms with Crippen LogP contribution in [0.5, 0.6) is 5.75 Å². The minimum Gasteiger partial charge on any atom is -0.497 e. The number of hydrogen-bond donors (Lipinski definition) is 2. The molecule has 1 heterocycles. The minimum atomic E-state index is -3.16. The Morgan fingerprint density at radius 3 is 2.66 bits per heavy atom. The van der Waals surface area contributed by atoms with Crippen molar-refractivity contribution in [3.8, 4) is 5.75 Å². The summed E-state index contributed by atoms with van der Waals surface area (Å²) in [6.07, 6.45) is 2.35. The molecule has 184 valence electrons. The SMILES string of the molecule is C=CC(=O)NCc1cccc(N(C)c2nc(Nc3cccc(OC)c3)ncc2C(F)(F)C(C)C)c1. The zero-order valence-corrected chi connectivity index (χ0v) is 20.2. The lowest BCUT2D eigenvalue weighted by Crippen LogP contribution is -2.26. The quantitative estimate of drug-likeness (QED) is 0.370. The van der Waals surface area contributed by atoms with Crippen molar-refractivity contribution in [3.63, 3.8) is 0 Å². The van der Waals surface area contributed by atoms with Crippen LogP contribution in [0.25, 0.3) is 0 Å². The number of aromatic nitrogens is 2. The van der Waals surface area contributed by atoms with Crippen molar-refractivity contribution < 1.29 is 18.3 Å². The summed E-state index contributed by atoms with van der Waals surface area (Å²) in [4.78, 5) is 21.7. The molecule has 2 aromatic carbocycles. The molecule has 0 aliphatic heterocycles. The van der Waals surface area contributed by atoms with Crippen LogP contribution in [-0.2, 0) is 17.3 Å². The van der Waals surface area contributed by atoms with Crippen molar-refractivity contribution in [1.29, 1.82) is 0 Å². The predicted molar refractivity (Wildman–Crippen MR) is 134 cm³/mol. The summed E-state index contributed by atoms with van der Waals surface area (Å²) in [5, 5.41) is 5.76. The van der Waals surface area contributed by atoms with Crippen LogP contribution in [0.3, 0.4) is 0 Å². The van der Waals surface area contributed by atoms with Gasteiger partial charge in [0.2, 0.25) is 11.9 Å². The fraction of sp³-hybridized carbons (Fsp3) is 0.269. The van der Waals surface area contributed by atoms with E-state index in [4.69, 9.17) is 4.74 Å². The molecule has 0 unspecified atom stereocenters. The van der Waals surface area contributed by atoms with Gasteiger partial charge in [0.25, 0.3) is 5.92 Å². The number of nitrogens with zero attached hydrogens (tertiary/aromatic N) is 3. The molecule has 0 atom stereocenters. The summed E-state index contributed by atoms with van der Waals surface area (Å²) in [5.74, 6) is -3.55. The number of rotatable bonds is 10. The van der Waals surface area contributed by atoms with E-state index in [0.717, 1.165) is 11.8 Å².